The predicted octanol–water partition coefficient (Wildman–Crippen LogP) is 2.58. The molecule has 2 rings (SSSR count). The molecular weight excluding hydrogens is 242 g/mol. The van der Waals surface area contributed by atoms with E-state index in [2.05, 4.69) is 10.2 Å². The van der Waals surface area contributed by atoms with Gasteiger partial charge in [-0.2, -0.15) is 0 Å². The second-order valence-electron chi connectivity index (χ2n) is 3.30. The predicted molar refractivity (Wildman–Crippen MR) is 61.7 cm³/mol. The molecule has 0 unspecified atom stereocenters. The Kier molecular flexibility index (Phi) is 3.38. The van der Waals surface area contributed by atoms with Crippen LogP contribution < -0.4 is 0 Å². The van der Waals surface area contributed by atoms with Gasteiger partial charge in [0.1, 0.15) is 0 Å². The van der Waals surface area contributed by atoms with Crippen LogP contribution in [0.15, 0.2) is 33.9 Å². The lowest BCUT2D eigenvalue weighted by Crippen LogP contribution is -1.89. The highest BCUT2D eigenvalue weighted by molar-refractivity contribution is 7.98. The lowest BCUT2D eigenvalue weighted by Gasteiger charge is -1.98. The summed E-state index contributed by atoms with van der Waals surface area (Å²) in [4.78, 5) is 10.2. The highest BCUT2D eigenvalue weighted by Crippen LogP contribution is 2.23. The molecule has 6 nitrogen and oxygen atoms in total. The number of non-ortho nitro benzene ring substituents is 1. The summed E-state index contributed by atoms with van der Waals surface area (Å²) in [7, 11) is 0. The number of aryl methyl sites for hydroxylation is 1. The van der Waals surface area contributed by atoms with Crippen LogP contribution in [0.3, 0.4) is 0 Å². The number of hydrogen-bond donors (Lipinski definition) is 0. The molecule has 0 aliphatic rings. The molecule has 1 aromatic carbocycles. The van der Waals surface area contributed by atoms with Crippen molar-refractivity contribution in [2.24, 2.45) is 0 Å². The van der Waals surface area contributed by atoms with E-state index in [1.165, 1.54) is 23.9 Å². The van der Waals surface area contributed by atoms with E-state index in [-0.39, 0.29) is 5.69 Å². The molecular formula is C10H9N3O3S. The molecule has 1 aromatic heterocycles. The molecule has 17 heavy (non-hydrogen) atoms. The van der Waals surface area contributed by atoms with Gasteiger partial charge in [-0.15, -0.1) is 10.2 Å². The molecule has 0 spiro atoms. The number of aromatic nitrogens is 2. The maximum absolute atomic E-state index is 10.6. The Bertz CT molecular complexity index is 541. The van der Waals surface area contributed by atoms with Gasteiger partial charge < -0.3 is 4.42 Å². The number of nitro benzene ring substituents is 1. The summed E-state index contributed by atoms with van der Waals surface area (Å²) >= 11 is 1.35. The largest absolute Gasteiger partial charge is 0.416 e. The van der Waals surface area contributed by atoms with E-state index in [0.29, 0.717) is 16.9 Å². The van der Waals surface area contributed by atoms with Gasteiger partial charge in [0, 0.05) is 24.8 Å². The van der Waals surface area contributed by atoms with Crippen molar-refractivity contribution in [3.8, 4) is 0 Å². The van der Waals surface area contributed by atoms with Crippen LogP contribution in [0.1, 0.15) is 11.5 Å². The van der Waals surface area contributed by atoms with Crippen LogP contribution in [-0.2, 0) is 5.75 Å². The van der Waals surface area contributed by atoms with Gasteiger partial charge in [0.05, 0.1) is 4.92 Å². The van der Waals surface area contributed by atoms with Crippen molar-refractivity contribution in [1.29, 1.82) is 0 Å². The minimum atomic E-state index is -0.412. The third-order valence-electron chi connectivity index (χ3n) is 1.99. The van der Waals surface area contributed by atoms with Gasteiger partial charge >= 0.3 is 0 Å². The third kappa shape index (κ3) is 3.04. The molecule has 0 amide bonds. The van der Waals surface area contributed by atoms with Crippen molar-refractivity contribution in [2.75, 3.05) is 0 Å². The quantitative estimate of drug-likeness (QED) is 0.472. The smallest absolute Gasteiger partial charge is 0.276 e. The molecule has 0 saturated carbocycles. The van der Waals surface area contributed by atoms with E-state index in [1.54, 1.807) is 13.0 Å². The Hall–Kier alpha value is -1.89. The minimum absolute atomic E-state index is 0.0878. The SMILES string of the molecule is Cc1nnc(SCc2cccc([N+](=O)[O-])c2)o1. The topological polar surface area (TPSA) is 82.1 Å². The Morgan fingerprint density at radius 2 is 2.29 bits per heavy atom. The van der Waals surface area contributed by atoms with Gasteiger partial charge in [0.2, 0.25) is 5.89 Å². The van der Waals surface area contributed by atoms with Gasteiger partial charge in [-0.25, -0.2) is 0 Å². The molecule has 0 aliphatic heterocycles. The van der Waals surface area contributed by atoms with Crippen LogP contribution in [0.2, 0.25) is 0 Å². The Morgan fingerprint density at radius 3 is 2.94 bits per heavy atom. The maximum Gasteiger partial charge on any atom is 0.276 e. The Balaban J connectivity index is 2.04. The Morgan fingerprint density at radius 1 is 1.47 bits per heavy atom. The van der Waals surface area contributed by atoms with E-state index < -0.39 is 4.92 Å². The maximum atomic E-state index is 10.6. The third-order valence-corrected chi connectivity index (χ3v) is 2.88. The zero-order chi connectivity index (χ0) is 12.3. The molecule has 0 saturated heterocycles. The number of benzene rings is 1. The summed E-state index contributed by atoms with van der Waals surface area (Å²) in [5.41, 5.74) is 0.935. The molecule has 88 valence electrons. The lowest BCUT2D eigenvalue weighted by atomic mass is 10.2. The van der Waals surface area contributed by atoms with Crippen LogP contribution in [0.25, 0.3) is 0 Å². The lowest BCUT2D eigenvalue weighted by molar-refractivity contribution is -0.384. The van der Waals surface area contributed by atoms with E-state index in [1.807, 2.05) is 6.07 Å². The van der Waals surface area contributed by atoms with Crippen molar-refractivity contribution >= 4 is 17.4 Å². The monoisotopic (exact) mass is 251 g/mol. The number of rotatable bonds is 4. The summed E-state index contributed by atoms with van der Waals surface area (Å²) in [5, 5.41) is 18.6. The van der Waals surface area contributed by atoms with Gasteiger partial charge in [-0.05, 0) is 5.56 Å². The first kappa shape index (κ1) is 11.6. The first-order valence-corrected chi connectivity index (χ1v) is 5.80. The van der Waals surface area contributed by atoms with E-state index >= 15 is 0 Å². The van der Waals surface area contributed by atoms with Gasteiger partial charge in [0.15, 0.2) is 0 Å². The van der Waals surface area contributed by atoms with Crippen molar-refractivity contribution in [1.82, 2.24) is 10.2 Å². The van der Waals surface area contributed by atoms with Crippen LogP contribution >= 0.6 is 11.8 Å². The zero-order valence-corrected chi connectivity index (χ0v) is 9.81. The fraction of sp³-hybridized carbons (Fsp3) is 0.200. The molecule has 0 aliphatic carbocycles. The van der Waals surface area contributed by atoms with Crippen LogP contribution in [-0.4, -0.2) is 15.1 Å². The standard InChI is InChI=1S/C10H9N3O3S/c1-7-11-12-10(16-7)17-6-8-3-2-4-9(5-8)13(14)15/h2-5H,6H2,1H3. The minimum Gasteiger partial charge on any atom is -0.416 e. The average Bonchev–Trinajstić information content (AvgIpc) is 2.73. The summed E-state index contributed by atoms with van der Waals surface area (Å²) < 4.78 is 5.19. The summed E-state index contributed by atoms with van der Waals surface area (Å²) in [6, 6.07) is 6.48. The highest BCUT2D eigenvalue weighted by Gasteiger charge is 2.07. The number of thioether (sulfide) groups is 1. The molecule has 0 N–H and O–H groups in total. The van der Waals surface area contributed by atoms with Gasteiger partial charge in [-0.3, -0.25) is 10.1 Å². The van der Waals surface area contributed by atoms with Crippen LogP contribution in [0.4, 0.5) is 5.69 Å². The van der Waals surface area contributed by atoms with E-state index in [0.717, 1.165) is 5.56 Å². The number of hydrogen-bond acceptors (Lipinski definition) is 6. The fourth-order valence-electron chi connectivity index (χ4n) is 1.24. The fourth-order valence-corrected chi connectivity index (χ4v) is 1.99. The normalized spacial score (nSPS) is 10.4. The molecule has 1 heterocycles. The highest BCUT2D eigenvalue weighted by atomic mass is 32.2. The van der Waals surface area contributed by atoms with Crippen molar-refractivity contribution in [2.45, 2.75) is 17.9 Å². The van der Waals surface area contributed by atoms with Crippen LogP contribution in [0, 0.1) is 17.0 Å². The summed E-state index contributed by atoms with van der Waals surface area (Å²) in [6.45, 7) is 1.71. The molecule has 0 bridgehead atoms. The van der Waals surface area contributed by atoms with Crippen molar-refractivity contribution in [3.05, 3.63) is 45.8 Å². The van der Waals surface area contributed by atoms with Gasteiger partial charge in [-0.1, -0.05) is 23.9 Å². The second kappa shape index (κ2) is 4.96. The summed E-state index contributed by atoms with van der Waals surface area (Å²) in [5.74, 6) is 1.06. The first-order valence-electron chi connectivity index (χ1n) is 4.81. The Labute approximate surface area is 101 Å². The molecule has 0 radical (unpaired) electrons. The summed E-state index contributed by atoms with van der Waals surface area (Å²) in [6.07, 6.45) is 0. The average molecular weight is 251 g/mol. The molecule has 7 heteroatoms. The molecule has 0 fully saturated rings. The number of nitrogens with zero attached hydrogens (tertiary/aromatic N) is 3. The molecule has 0 atom stereocenters. The zero-order valence-electron chi connectivity index (χ0n) is 8.99. The molecule has 2 aromatic rings. The van der Waals surface area contributed by atoms with Crippen molar-refractivity contribution in [3.63, 3.8) is 0 Å². The number of nitro groups is 1. The first-order chi connectivity index (χ1) is 8.15. The second-order valence-corrected chi connectivity index (χ2v) is 4.23. The van der Waals surface area contributed by atoms with Crippen molar-refractivity contribution < 1.29 is 9.34 Å². The van der Waals surface area contributed by atoms with E-state index in [9.17, 15) is 10.1 Å². The van der Waals surface area contributed by atoms with Crippen LogP contribution in [0.5, 0.6) is 0 Å². The van der Waals surface area contributed by atoms with E-state index in [4.69, 9.17) is 4.42 Å². The van der Waals surface area contributed by atoms with Gasteiger partial charge in [0.25, 0.3) is 10.9 Å².